The molecule has 0 amide bonds. The fraction of sp³-hybridized carbons (Fsp3) is 0.278. The third-order valence-corrected chi connectivity index (χ3v) is 4.57. The van der Waals surface area contributed by atoms with Crippen LogP contribution in [-0.4, -0.2) is 19.5 Å². The van der Waals surface area contributed by atoms with E-state index in [1.165, 1.54) is 15.9 Å². The van der Waals surface area contributed by atoms with Crippen LogP contribution >= 0.6 is 11.3 Å². The molecule has 0 aliphatic rings. The van der Waals surface area contributed by atoms with Gasteiger partial charge in [0.05, 0.1) is 17.8 Å². The van der Waals surface area contributed by atoms with Crippen molar-refractivity contribution in [2.24, 2.45) is 5.41 Å². The number of hydrogen-bond donors (Lipinski definition) is 1. The molecule has 3 aromatic rings. The zero-order chi connectivity index (χ0) is 18.2. The van der Waals surface area contributed by atoms with Crippen LogP contribution < -0.4 is 11.2 Å². The quantitative estimate of drug-likeness (QED) is 0.731. The lowest BCUT2D eigenvalue weighted by Gasteiger charge is -2.11. The van der Waals surface area contributed by atoms with Gasteiger partial charge in [0.2, 0.25) is 0 Å². The molecule has 0 saturated heterocycles. The van der Waals surface area contributed by atoms with E-state index in [4.69, 9.17) is 0 Å². The summed E-state index contributed by atoms with van der Waals surface area (Å²) in [7, 11) is 0. The van der Waals surface area contributed by atoms with Gasteiger partial charge in [-0.05, 0) is 34.6 Å². The zero-order valence-corrected chi connectivity index (χ0v) is 15.1. The van der Waals surface area contributed by atoms with E-state index in [-0.39, 0.29) is 16.7 Å². The Morgan fingerprint density at radius 2 is 2.00 bits per heavy atom. The van der Waals surface area contributed by atoms with Crippen molar-refractivity contribution < 1.29 is 5.21 Å². The van der Waals surface area contributed by atoms with Gasteiger partial charge in [-0.1, -0.05) is 37.6 Å². The fourth-order valence-corrected chi connectivity index (χ4v) is 3.19. The van der Waals surface area contributed by atoms with Crippen molar-refractivity contribution in [3.8, 4) is 0 Å². The van der Waals surface area contributed by atoms with E-state index in [1.54, 1.807) is 17.6 Å². The Balaban J connectivity index is 1.95. The summed E-state index contributed by atoms with van der Waals surface area (Å²) in [4.78, 5) is 28.5. The number of allylic oxidation sites excluding steroid dienone is 1. The number of rotatable bonds is 3. The van der Waals surface area contributed by atoms with E-state index in [9.17, 15) is 14.8 Å². The summed E-state index contributed by atoms with van der Waals surface area (Å²) in [6.45, 7) is 6.56. The van der Waals surface area contributed by atoms with Crippen molar-refractivity contribution in [2.45, 2.75) is 27.3 Å². The van der Waals surface area contributed by atoms with Gasteiger partial charge in [-0.25, -0.2) is 4.79 Å². The second-order valence-corrected chi connectivity index (χ2v) is 7.83. The van der Waals surface area contributed by atoms with Crippen molar-refractivity contribution in [2.75, 3.05) is 0 Å². The molecule has 0 fully saturated rings. The molecule has 0 bridgehead atoms. The Morgan fingerprint density at radius 3 is 2.64 bits per heavy atom. The lowest BCUT2D eigenvalue weighted by molar-refractivity contribution is 0.158. The SMILES string of the molecule is CC(C)(C)C=Cc1ccc(Cn2c(=O)n(O)c(=O)c3sccc32)cn1. The van der Waals surface area contributed by atoms with Crippen molar-refractivity contribution in [3.05, 3.63) is 67.9 Å². The maximum absolute atomic E-state index is 12.2. The fourth-order valence-electron chi connectivity index (χ4n) is 2.37. The lowest BCUT2D eigenvalue weighted by atomic mass is 9.96. The summed E-state index contributed by atoms with van der Waals surface area (Å²) in [6, 6.07) is 5.46. The predicted octanol–water partition coefficient (Wildman–Crippen LogP) is 2.96. The average molecular weight is 357 g/mol. The van der Waals surface area contributed by atoms with Gasteiger partial charge in [0.1, 0.15) is 4.70 Å². The molecule has 0 aliphatic carbocycles. The van der Waals surface area contributed by atoms with Crippen LogP contribution in [0.3, 0.4) is 0 Å². The normalized spacial score (nSPS) is 12.3. The van der Waals surface area contributed by atoms with E-state index in [0.717, 1.165) is 11.3 Å². The highest BCUT2D eigenvalue weighted by molar-refractivity contribution is 7.17. The third kappa shape index (κ3) is 3.56. The molecular weight excluding hydrogens is 338 g/mol. The Hall–Kier alpha value is -2.67. The van der Waals surface area contributed by atoms with Crippen LogP contribution in [0.15, 0.2) is 45.4 Å². The van der Waals surface area contributed by atoms with E-state index in [1.807, 2.05) is 18.2 Å². The molecule has 0 aromatic carbocycles. The topological polar surface area (TPSA) is 77.1 Å². The molecule has 1 N–H and O–H groups in total. The van der Waals surface area contributed by atoms with Crippen molar-refractivity contribution >= 4 is 27.6 Å². The number of fused-ring (bicyclic) bond motifs is 1. The smallest absolute Gasteiger partial charge is 0.365 e. The van der Waals surface area contributed by atoms with Crippen LogP contribution in [0.25, 0.3) is 16.3 Å². The minimum Gasteiger partial charge on any atom is -0.421 e. The Morgan fingerprint density at radius 1 is 1.24 bits per heavy atom. The van der Waals surface area contributed by atoms with Crippen molar-refractivity contribution in [3.63, 3.8) is 0 Å². The second kappa shape index (κ2) is 6.33. The van der Waals surface area contributed by atoms with Gasteiger partial charge >= 0.3 is 11.2 Å². The first-order valence-electron chi connectivity index (χ1n) is 7.83. The van der Waals surface area contributed by atoms with E-state index >= 15 is 0 Å². The number of pyridine rings is 1. The van der Waals surface area contributed by atoms with Crippen LogP contribution in [0.4, 0.5) is 0 Å². The minimum atomic E-state index is -0.757. The summed E-state index contributed by atoms with van der Waals surface area (Å²) in [5.41, 5.74) is 0.786. The highest BCUT2D eigenvalue weighted by Crippen LogP contribution is 2.18. The standard InChI is InChI=1S/C18H19N3O3S/c1-18(2,3)8-6-13-5-4-12(10-19-13)11-20-14-7-9-25-15(14)16(22)21(24)17(20)23/h4-10,24H,11H2,1-3H3. The van der Waals surface area contributed by atoms with Gasteiger partial charge in [0.25, 0.3) is 0 Å². The molecule has 3 heterocycles. The summed E-state index contributed by atoms with van der Waals surface area (Å²) in [5.74, 6) is 0. The molecule has 6 nitrogen and oxygen atoms in total. The van der Waals surface area contributed by atoms with Crippen LogP contribution in [0.5, 0.6) is 0 Å². The maximum atomic E-state index is 12.2. The molecule has 0 radical (unpaired) electrons. The number of hydrogen-bond acceptors (Lipinski definition) is 5. The molecule has 0 atom stereocenters. The molecule has 7 heteroatoms. The van der Waals surface area contributed by atoms with Gasteiger partial charge in [-0.2, -0.15) is 0 Å². The largest absolute Gasteiger partial charge is 0.421 e. The number of nitrogens with zero attached hydrogens (tertiary/aromatic N) is 3. The third-order valence-electron chi connectivity index (χ3n) is 3.68. The molecule has 130 valence electrons. The van der Waals surface area contributed by atoms with Gasteiger partial charge in [0.15, 0.2) is 0 Å². The molecule has 25 heavy (non-hydrogen) atoms. The monoisotopic (exact) mass is 357 g/mol. The number of aromatic nitrogens is 3. The first-order chi connectivity index (χ1) is 11.8. The van der Waals surface area contributed by atoms with Gasteiger partial charge < -0.3 is 5.21 Å². The Bertz CT molecular complexity index is 1050. The molecular formula is C18H19N3O3S. The average Bonchev–Trinajstić information content (AvgIpc) is 3.05. The molecule has 0 spiro atoms. The second-order valence-electron chi connectivity index (χ2n) is 6.91. The molecule has 0 saturated carbocycles. The Labute approximate surface area is 148 Å². The minimum absolute atomic E-state index is 0.0764. The summed E-state index contributed by atoms with van der Waals surface area (Å²) in [6.07, 6.45) is 5.73. The predicted molar refractivity (Wildman–Crippen MR) is 99.4 cm³/mol. The summed E-state index contributed by atoms with van der Waals surface area (Å²) in [5, 5.41) is 11.4. The molecule has 3 aromatic heterocycles. The first-order valence-corrected chi connectivity index (χ1v) is 8.71. The highest BCUT2D eigenvalue weighted by Gasteiger charge is 2.14. The summed E-state index contributed by atoms with van der Waals surface area (Å²) >= 11 is 1.20. The highest BCUT2D eigenvalue weighted by atomic mass is 32.1. The van der Waals surface area contributed by atoms with E-state index in [2.05, 4.69) is 31.8 Å². The number of thiophene rings is 1. The van der Waals surface area contributed by atoms with Crippen LogP contribution in [0.2, 0.25) is 0 Å². The van der Waals surface area contributed by atoms with Crippen molar-refractivity contribution in [1.29, 1.82) is 0 Å². The summed E-state index contributed by atoms with van der Waals surface area (Å²) < 4.78 is 1.88. The van der Waals surface area contributed by atoms with Crippen molar-refractivity contribution in [1.82, 2.24) is 14.3 Å². The maximum Gasteiger partial charge on any atom is 0.365 e. The van der Waals surface area contributed by atoms with Crippen LogP contribution in [-0.2, 0) is 6.54 Å². The molecule has 3 rings (SSSR count). The van der Waals surface area contributed by atoms with E-state index in [0.29, 0.717) is 10.2 Å². The lowest BCUT2D eigenvalue weighted by Crippen LogP contribution is -2.38. The van der Waals surface area contributed by atoms with Gasteiger partial charge in [-0.3, -0.25) is 14.3 Å². The Kier molecular flexibility index (Phi) is 4.34. The molecule has 0 unspecified atom stereocenters. The zero-order valence-electron chi connectivity index (χ0n) is 14.3. The first kappa shape index (κ1) is 17.2. The van der Waals surface area contributed by atoms with Gasteiger partial charge in [0, 0.05) is 6.20 Å². The molecule has 0 aliphatic heterocycles. The van der Waals surface area contributed by atoms with Crippen LogP contribution in [0, 0.1) is 5.41 Å². The van der Waals surface area contributed by atoms with Crippen LogP contribution in [0.1, 0.15) is 32.0 Å². The van der Waals surface area contributed by atoms with Gasteiger partial charge in [-0.15, -0.1) is 11.3 Å². The van der Waals surface area contributed by atoms with E-state index < -0.39 is 11.2 Å².